The highest BCUT2D eigenvalue weighted by Gasteiger charge is 2.15. The lowest BCUT2D eigenvalue weighted by atomic mass is 9.97. The molecule has 0 spiro atoms. The van der Waals surface area contributed by atoms with E-state index in [0.29, 0.717) is 12.5 Å². The fourth-order valence-electron chi connectivity index (χ4n) is 2.09. The maximum Gasteiger partial charge on any atom is 0.272 e. The molecule has 1 aromatic heterocycles. The molecule has 2 heterocycles. The number of aromatic nitrogens is 2. The Labute approximate surface area is 106 Å². The van der Waals surface area contributed by atoms with Crippen LogP contribution in [0.5, 0.6) is 5.88 Å². The predicted octanol–water partition coefficient (Wildman–Crippen LogP) is 0.344. The maximum absolute atomic E-state index is 11.1. The Morgan fingerprint density at radius 2 is 2.33 bits per heavy atom. The van der Waals surface area contributed by atoms with Gasteiger partial charge in [0, 0.05) is 12.4 Å². The van der Waals surface area contributed by atoms with E-state index in [9.17, 15) is 4.79 Å². The van der Waals surface area contributed by atoms with Crippen molar-refractivity contribution in [2.45, 2.75) is 19.3 Å². The number of rotatable bonds is 5. The minimum atomic E-state index is -0.613. The SMILES string of the molecule is NC(=O)c1nccnc1OCCC1CCCNC1. The van der Waals surface area contributed by atoms with Gasteiger partial charge < -0.3 is 15.8 Å². The highest BCUT2D eigenvalue weighted by molar-refractivity contribution is 5.92. The van der Waals surface area contributed by atoms with E-state index < -0.39 is 5.91 Å². The molecule has 0 aliphatic carbocycles. The van der Waals surface area contributed by atoms with Crippen molar-refractivity contribution >= 4 is 5.91 Å². The second kappa shape index (κ2) is 6.30. The van der Waals surface area contributed by atoms with Crippen LogP contribution in [0.3, 0.4) is 0 Å². The van der Waals surface area contributed by atoms with Crippen LogP contribution in [0.2, 0.25) is 0 Å². The molecule has 1 aliphatic rings. The van der Waals surface area contributed by atoms with Gasteiger partial charge in [-0.3, -0.25) is 4.79 Å². The van der Waals surface area contributed by atoms with Crippen LogP contribution in [-0.4, -0.2) is 35.6 Å². The first-order valence-electron chi connectivity index (χ1n) is 6.21. The Balaban J connectivity index is 1.84. The van der Waals surface area contributed by atoms with E-state index in [1.807, 2.05) is 0 Å². The first-order valence-corrected chi connectivity index (χ1v) is 6.21. The summed E-state index contributed by atoms with van der Waals surface area (Å²) in [5.74, 6) is 0.249. The monoisotopic (exact) mass is 250 g/mol. The van der Waals surface area contributed by atoms with Crippen molar-refractivity contribution in [1.82, 2.24) is 15.3 Å². The molecule has 6 nitrogen and oxygen atoms in total. The second-order valence-electron chi connectivity index (χ2n) is 4.42. The summed E-state index contributed by atoms with van der Waals surface area (Å²) in [6.45, 7) is 2.67. The van der Waals surface area contributed by atoms with Gasteiger partial charge in [-0.15, -0.1) is 0 Å². The lowest BCUT2D eigenvalue weighted by molar-refractivity contribution is 0.0989. The van der Waals surface area contributed by atoms with Gasteiger partial charge in [-0.2, -0.15) is 0 Å². The lowest BCUT2D eigenvalue weighted by Crippen LogP contribution is -2.30. The second-order valence-corrected chi connectivity index (χ2v) is 4.42. The van der Waals surface area contributed by atoms with E-state index in [1.54, 1.807) is 0 Å². The summed E-state index contributed by atoms with van der Waals surface area (Å²) in [6, 6.07) is 0. The van der Waals surface area contributed by atoms with Gasteiger partial charge in [-0.25, -0.2) is 9.97 Å². The van der Waals surface area contributed by atoms with Crippen LogP contribution in [0.25, 0.3) is 0 Å². The number of primary amides is 1. The van der Waals surface area contributed by atoms with Gasteiger partial charge >= 0.3 is 0 Å². The summed E-state index contributed by atoms with van der Waals surface area (Å²) < 4.78 is 5.50. The summed E-state index contributed by atoms with van der Waals surface area (Å²) in [7, 11) is 0. The molecule has 1 unspecified atom stereocenters. The Bertz CT molecular complexity index is 405. The number of nitrogens with zero attached hydrogens (tertiary/aromatic N) is 2. The Hall–Kier alpha value is -1.69. The van der Waals surface area contributed by atoms with E-state index in [2.05, 4.69) is 15.3 Å². The van der Waals surface area contributed by atoms with E-state index in [-0.39, 0.29) is 11.6 Å². The van der Waals surface area contributed by atoms with Gasteiger partial charge in [0.25, 0.3) is 5.91 Å². The molecule has 98 valence electrons. The van der Waals surface area contributed by atoms with E-state index >= 15 is 0 Å². The largest absolute Gasteiger partial charge is 0.476 e. The highest BCUT2D eigenvalue weighted by Crippen LogP contribution is 2.16. The molecule has 0 bridgehead atoms. The van der Waals surface area contributed by atoms with Gasteiger partial charge in [0.2, 0.25) is 5.88 Å². The third-order valence-electron chi connectivity index (χ3n) is 3.06. The molecule has 1 saturated heterocycles. The fourth-order valence-corrected chi connectivity index (χ4v) is 2.09. The third-order valence-corrected chi connectivity index (χ3v) is 3.06. The first kappa shape index (κ1) is 12.8. The van der Waals surface area contributed by atoms with E-state index in [0.717, 1.165) is 19.5 Å². The average Bonchev–Trinajstić information content (AvgIpc) is 2.40. The van der Waals surface area contributed by atoms with Gasteiger partial charge in [0.1, 0.15) is 0 Å². The zero-order valence-corrected chi connectivity index (χ0v) is 10.3. The summed E-state index contributed by atoms with van der Waals surface area (Å²) in [6.07, 6.45) is 6.30. The van der Waals surface area contributed by atoms with Gasteiger partial charge in [0.15, 0.2) is 5.69 Å². The molecule has 1 aliphatic heterocycles. The van der Waals surface area contributed by atoms with Crippen molar-refractivity contribution in [3.8, 4) is 5.88 Å². The van der Waals surface area contributed by atoms with Crippen molar-refractivity contribution in [3.63, 3.8) is 0 Å². The van der Waals surface area contributed by atoms with Crippen LogP contribution in [0.4, 0.5) is 0 Å². The number of ether oxygens (including phenoxy) is 1. The van der Waals surface area contributed by atoms with Crippen LogP contribution in [0.15, 0.2) is 12.4 Å². The normalized spacial score (nSPS) is 19.4. The smallest absolute Gasteiger partial charge is 0.272 e. The van der Waals surface area contributed by atoms with Crippen LogP contribution in [0.1, 0.15) is 29.8 Å². The minimum Gasteiger partial charge on any atom is -0.476 e. The molecular formula is C12H18N4O2. The first-order chi connectivity index (χ1) is 8.77. The van der Waals surface area contributed by atoms with Crippen LogP contribution < -0.4 is 15.8 Å². The summed E-state index contributed by atoms with van der Waals surface area (Å²) in [5.41, 5.74) is 5.29. The number of hydrogen-bond donors (Lipinski definition) is 2. The molecule has 6 heteroatoms. The van der Waals surface area contributed by atoms with E-state index in [1.165, 1.54) is 25.2 Å². The number of piperidine rings is 1. The van der Waals surface area contributed by atoms with Crippen molar-refractivity contribution in [2.75, 3.05) is 19.7 Å². The summed E-state index contributed by atoms with van der Waals surface area (Å²) in [5, 5.41) is 3.36. The molecule has 2 rings (SSSR count). The molecule has 0 aromatic carbocycles. The standard InChI is InChI=1S/C12H18N4O2/c13-11(17)10-12(16-6-5-15-10)18-7-3-9-2-1-4-14-8-9/h5-6,9,14H,1-4,7-8H2,(H2,13,17). The number of nitrogens with two attached hydrogens (primary N) is 1. The molecule has 0 radical (unpaired) electrons. The zero-order valence-electron chi connectivity index (χ0n) is 10.3. The number of carbonyl (C=O) groups excluding carboxylic acids is 1. The van der Waals surface area contributed by atoms with Crippen molar-refractivity contribution in [2.24, 2.45) is 11.7 Å². The van der Waals surface area contributed by atoms with Gasteiger partial charge in [-0.1, -0.05) is 0 Å². The maximum atomic E-state index is 11.1. The fraction of sp³-hybridized carbons (Fsp3) is 0.583. The molecule has 1 fully saturated rings. The van der Waals surface area contributed by atoms with Crippen LogP contribution >= 0.6 is 0 Å². The molecule has 1 aromatic rings. The number of nitrogens with one attached hydrogen (secondary N) is 1. The summed E-state index contributed by atoms with van der Waals surface area (Å²) >= 11 is 0. The zero-order chi connectivity index (χ0) is 12.8. The van der Waals surface area contributed by atoms with Crippen molar-refractivity contribution in [3.05, 3.63) is 18.1 Å². The lowest BCUT2D eigenvalue weighted by Gasteiger charge is -2.22. The molecule has 1 amide bonds. The Kier molecular flexibility index (Phi) is 4.46. The molecule has 3 N–H and O–H groups in total. The minimum absolute atomic E-state index is 0.0965. The van der Waals surface area contributed by atoms with Gasteiger partial charge in [0.05, 0.1) is 6.61 Å². The number of hydrogen-bond acceptors (Lipinski definition) is 5. The number of carbonyl (C=O) groups is 1. The van der Waals surface area contributed by atoms with Crippen LogP contribution in [-0.2, 0) is 0 Å². The number of amides is 1. The van der Waals surface area contributed by atoms with E-state index in [4.69, 9.17) is 10.5 Å². The van der Waals surface area contributed by atoms with Crippen LogP contribution in [0, 0.1) is 5.92 Å². The third kappa shape index (κ3) is 3.40. The van der Waals surface area contributed by atoms with Gasteiger partial charge in [-0.05, 0) is 38.3 Å². The van der Waals surface area contributed by atoms with Crippen molar-refractivity contribution in [1.29, 1.82) is 0 Å². The topological polar surface area (TPSA) is 90.1 Å². The molecule has 18 heavy (non-hydrogen) atoms. The summed E-state index contributed by atoms with van der Waals surface area (Å²) in [4.78, 5) is 19.0. The molecule has 0 saturated carbocycles. The highest BCUT2D eigenvalue weighted by atomic mass is 16.5. The Morgan fingerprint density at radius 3 is 3.06 bits per heavy atom. The molecule has 1 atom stereocenters. The predicted molar refractivity (Wildman–Crippen MR) is 66.3 cm³/mol. The Morgan fingerprint density at radius 1 is 1.50 bits per heavy atom. The quantitative estimate of drug-likeness (QED) is 0.786. The molecular weight excluding hydrogens is 232 g/mol. The van der Waals surface area contributed by atoms with Crippen molar-refractivity contribution < 1.29 is 9.53 Å². The average molecular weight is 250 g/mol.